The second-order valence-electron chi connectivity index (χ2n) is 5.16. The number of ether oxygens (including phenoxy) is 1. The van der Waals surface area contributed by atoms with Crippen molar-refractivity contribution in [3.8, 4) is 5.88 Å². The summed E-state index contributed by atoms with van der Waals surface area (Å²) in [4.78, 5) is 28.8. The topological polar surface area (TPSA) is 91.8 Å². The molecule has 2 rings (SSSR count). The number of nitrogens with zero attached hydrogens (tertiary/aromatic N) is 2. The Morgan fingerprint density at radius 2 is 2.18 bits per heavy atom. The zero-order valence-electron chi connectivity index (χ0n) is 12.6. The molecule has 2 N–H and O–H groups in total. The molecule has 0 aliphatic carbocycles. The van der Waals surface area contributed by atoms with E-state index in [0.717, 1.165) is 5.56 Å². The number of hydrogen-bond acceptors (Lipinski definition) is 4. The van der Waals surface area contributed by atoms with Gasteiger partial charge in [0.1, 0.15) is 0 Å². The van der Waals surface area contributed by atoms with Gasteiger partial charge in [0.15, 0.2) is 0 Å². The third-order valence-electron chi connectivity index (χ3n) is 3.69. The molecule has 1 aliphatic rings. The van der Waals surface area contributed by atoms with Crippen molar-refractivity contribution < 1.29 is 19.4 Å². The van der Waals surface area contributed by atoms with Gasteiger partial charge >= 0.3 is 12.0 Å². The Balaban J connectivity index is 1.85. The lowest BCUT2D eigenvalue weighted by molar-refractivity contribution is -0.143. The highest BCUT2D eigenvalue weighted by Crippen LogP contribution is 2.18. The van der Waals surface area contributed by atoms with Crippen LogP contribution in [0, 0.1) is 5.92 Å². The molecule has 0 unspecified atom stereocenters. The smallest absolute Gasteiger partial charge is 0.317 e. The van der Waals surface area contributed by atoms with Gasteiger partial charge in [0.05, 0.1) is 12.5 Å². The maximum Gasteiger partial charge on any atom is 0.317 e. The average Bonchev–Trinajstić information content (AvgIpc) is 2.54. The fraction of sp³-hybridized carbons (Fsp3) is 0.533. The number of hydrogen-bond donors (Lipinski definition) is 2. The summed E-state index contributed by atoms with van der Waals surface area (Å²) in [6, 6.07) is 3.47. The molecule has 2 heterocycles. The van der Waals surface area contributed by atoms with Crippen LogP contribution in [0.5, 0.6) is 5.88 Å². The summed E-state index contributed by atoms with van der Waals surface area (Å²) in [6.07, 6.45) is 2.65. The van der Waals surface area contributed by atoms with E-state index in [1.165, 1.54) is 0 Å². The predicted octanol–water partition coefficient (Wildman–Crippen LogP) is 1.49. The quantitative estimate of drug-likeness (QED) is 0.860. The van der Waals surface area contributed by atoms with E-state index in [1.807, 2.05) is 13.0 Å². The van der Waals surface area contributed by atoms with Gasteiger partial charge < -0.3 is 20.1 Å². The molecule has 1 saturated heterocycles. The molecule has 0 spiro atoms. The number of piperidine rings is 1. The number of likely N-dealkylation sites (tertiary alicyclic amines) is 1. The first-order chi connectivity index (χ1) is 10.6. The van der Waals surface area contributed by atoms with Gasteiger partial charge in [-0.1, -0.05) is 6.07 Å². The van der Waals surface area contributed by atoms with Crippen molar-refractivity contribution in [2.45, 2.75) is 26.3 Å². The predicted molar refractivity (Wildman–Crippen MR) is 79.6 cm³/mol. The fourth-order valence-electron chi connectivity index (χ4n) is 2.44. The standard InChI is InChI=1S/C15H21N3O4/c1-2-22-13-12(4-3-7-16-13)10-17-15(21)18-8-5-11(6-9-18)14(19)20/h3-4,7,11H,2,5-6,8-10H2,1H3,(H,17,21)(H,19,20). The van der Waals surface area contributed by atoms with Gasteiger partial charge in [0, 0.05) is 31.4 Å². The second kappa shape index (κ2) is 7.63. The first-order valence-corrected chi connectivity index (χ1v) is 7.44. The van der Waals surface area contributed by atoms with E-state index < -0.39 is 5.97 Å². The molecule has 0 saturated carbocycles. The molecule has 1 aromatic rings. The van der Waals surface area contributed by atoms with Crippen LogP contribution in [-0.2, 0) is 11.3 Å². The van der Waals surface area contributed by atoms with Crippen LogP contribution in [-0.4, -0.2) is 46.7 Å². The number of aromatic nitrogens is 1. The number of carboxylic acid groups (broad SMARTS) is 1. The molecule has 1 aromatic heterocycles. The van der Waals surface area contributed by atoms with Gasteiger partial charge in [0.2, 0.25) is 5.88 Å². The highest BCUT2D eigenvalue weighted by Gasteiger charge is 2.26. The van der Waals surface area contributed by atoms with Gasteiger partial charge in [-0.3, -0.25) is 4.79 Å². The molecule has 7 heteroatoms. The number of carbonyl (C=O) groups is 2. The largest absolute Gasteiger partial charge is 0.481 e. The van der Waals surface area contributed by atoms with Crippen molar-refractivity contribution in [3.63, 3.8) is 0 Å². The maximum absolute atomic E-state index is 12.1. The number of urea groups is 1. The number of nitrogens with one attached hydrogen (secondary N) is 1. The van der Waals surface area contributed by atoms with Gasteiger partial charge in [-0.15, -0.1) is 0 Å². The van der Waals surface area contributed by atoms with Crippen LogP contribution in [0.15, 0.2) is 18.3 Å². The van der Waals surface area contributed by atoms with Crippen LogP contribution in [0.1, 0.15) is 25.3 Å². The van der Waals surface area contributed by atoms with Crippen molar-refractivity contribution in [1.29, 1.82) is 0 Å². The van der Waals surface area contributed by atoms with Gasteiger partial charge in [-0.05, 0) is 25.8 Å². The SMILES string of the molecule is CCOc1ncccc1CNC(=O)N1CCC(C(=O)O)CC1. The zero-order chi connectivity index (χ0) is 15.9. The lowest BCUT2D eigenvalue weighted by atomic mass is 9.97. The molecule has 120 valence electrons. The van der Waals surface area contributed by atoms with Crippen LogP contribution in [0.3, 0.4) is 0 Å². The Hall–Kier alpha value is -2.31. The summed E-state index contributed by atoms with van der Waals surface area (Å²) < 4.78 is 5.41. The Bertz CT molecular complexity index is 527. The molecule has 0 bridgehead atoms. The average molecular weight is 307 g/mol. The molecule has 0 atom stereocenters. The minimum atomic E-state index is -0.781. The number of amides is 2. The Morgan fingerprint density at radius 1 is 1.45 bits per heavy atom. The Kier molecular flexibility index (Phi) is 5.57. The fourth-order valence-corrected chi connectivity index (χ4v) is 2.44. The van der Waals surface area contributed by atoms with E-state index >= 15 is 0 Å². The Morgan fingerprint density at radius 3 is 2.82 bits per heavy atom. The first kappa shape index (κ1) is 16.1. The molecule has 0 aromatic carbocycles. The first-order valence-electron chi connectivity index (χ1n) is 7.44. The van der Waals surface area contributed by atoms with Crippen LogP contribution >= 0.6 is 0 Å². The summed E-state index contributed by atoms with van der Waals surface area (Å²) in [6.45, 7) is 3.66. The van der Waals surface area contributed by atoms with E-state index in [9.17, 15) is 9.59 Å². The molecule has 1 fully saturated rings. The van der Waals surface area contributed by atoms with Crippen LogP contribution in [0.25, 0.3) is 0 Å². The third kappa shape index (κ3) is 4.09. The number of rotatable bonds is 5. The maximum atomic E-state index is 12.1. The summed E-state index contributed by atoms with van der Waals surface area (Å²) in [5, 5.41) is 11.8. The molecule has 0 radical (unpaired) electrons. The number of pyridine rings is 1. The number of carboxylic acids is 1. The van der Waals surface area contributed by atoms with Crippen molar-refractivity contribution in [1.82, 2.24) is 15.2 Å². The van der Waals surface area contributed by atoms with E-state index in [0.29, 0.717) is 45.0 Å². The number of carbonyl (C=O) groups excluding carboxylic acids is 1. The summed E-state index contributed by atoms with van der Waals surface area (Å²) in [5.41, 5.74) is 0.818. The lowest BCUT2D eigenvalue weighted by Crippen LogP contribution is -2.45. The van der Waals surface area contributed by atoms with Gasteiger partial charge in [-0.2, -0.15) is 0 Å². The normalized spacial score (nSPS) is 15.4. The molecule has 7 nitrogen and oxygen atoms in total. The second-order valence-corrected chi connectivity index (χ2v) is 5.16. The minimum Gasteiger partial charge on any atom is -0.481 e. The van der Waals surface area contributed by atoms with Crippen molar-refractivity contribution in [2.75, 3.05) is 19.7 Å². The Labute approximate surface area is 129 Å². The zero-order valence-corrected chi connectivity index (χ0v) is 12.6. The molecule has 22 heavy (non-hydrogen) atoms. The van der Waals surface area contributed by atoms with Crippen molar-refractivity contribution in [2.24, 2.45) is 5.92 Å². The van der Waals surface area contributed by atoms with Gasteiger partial charge in [-0.25, -0.2) is 9.78 Å². The van der Waals surface area contributed by atoms with E-state index in [-0.39, 0.29) is 11.9 Å². The molecular weight excluding hydrogens is 286 g/mol. The highest BCUT2D eigenvalue weighted by molar-refractivity contribution is 5.75. The van der Waals surface area contributed by atoms with Crippen molar-refractivity contribution in [3.05, 3.63) is 23.9 Å². The van der Waals surface area contributed by atoms with E-state index in [1.54, 1.807) is 17.2 Å². The van der Waals surface area contributed by atoms with E-state index in [2.05, 4.69) is 10.3 Å². The van der Waals surface area contributed by atoms with E-state index in [4.69, 9.17) is 9.84 Å². The summed E-state index contributed by atoms with van der Waals surface area (Å²) >= 11 is 0. The van der Waals surface area contributed by atoms with Crippen LogP contribution in [0.2, 0.25) is 0 Å². The third-order valence-corrected chi connectivity index (χ3v) is 3.69. The van der Waals surface area contributed by atoms with Crippen molar-refractivity contribution >= 4 is 12.0 Å². The monoisotopic (exact) mass is 307 g/mol. The molecular formula is C15H21N3O4. The van der Waals surface area contributed by atoms with Crippen LogP contribution in [0.4, 0.5) is 4.79 Å². The molecule has 1 aliphatic heterocycles. The lowest BCUT2D eigenvalue weighted by Gasteiger charge is -2.30. The van der Waals surface area contributed by atoms with Gasteiger partial charge in [0.25, 0.3) is 0 Å². The highest BCUT2D eigenvalue weighted by atomic mass is 16.5. The van der Waals surface area contributed by atoms with Crippen LogP contribution < -0.4 is 10.1 Å². The molecule has 2 amide bonds. The summed E-state index contributed by atoms with van der Waals surface area (Å²) in [5.74, 6) is -0.599. The number of aliphatic carboxylic acids is 1. The minimum absolute atomic E-state index is 0.185. The summed E-state index contributed by atoms with van der Waals surface area (Å²) in [7, 11) is 0.